The van der Waals surface area contributed by atoms with E-state index in [1.54, 1.807) is 24.3 Å². The zero-order valence-corrected chi connectivity index (χ0v) is 15.2. The molecule has 0 radical (unpaired) electrons. The fourth-order valence-electron chi connectivity index (χ4n) is 2.96. The Morgan fingerprint density at radius 1 is 1.25 bits per heavy atom. The Balaban J connectivity index is 1.84. The van der Waals surface area contributed by atoms with Gasteiger partial charge in [-0.25, -0.2) is 13.1 Å². The van der Waals surface area contributed by atoms with Crippen LogP contribution >= 0.6 is 0 Å². The van der Waals surface area contributed by atoms with Crippen molar-refractivity contribution in [2.45, 2.75) is 43.5 Å². The summed E-state index contributed by atoms with van der Waals surface area (Å²) in [6, 6.07) is 6.44. The highest BCUT2D eigenvalue weighted by atomic mass is 32.2. The largest absolute Gasteiger partial charge is 0.350 e. The van der Waals surface area contributed by atoms with Crippen LogP contribution in [0.2, 0.25) is 0 Å². The number of hydrogen-bond donors (Lipinski definition) is 3. The molecule has 1 atom stereocenters. The topological polar surface area (TPSA) is 87.3 Å². The van der Waals surface area contributed by atoms with Crippen molar-refractivity contribution in [1.29, 1.82) is 0 Å². The Hall–Kier alpha value is -1.44. The van der Waals surface area contributed by atoms with Crippen LogP contribution < -0.4 is 15.4 Å². The van der Waals surface area contributed by atoms with Gasteiger partial charge in [0.05, 0.1) is 10.9 Å². The van der Waals surface area contributed by atoms with E-state index in [2.05, 4.69) is 15.4 Å². The van der Waals surface area contributed by atoms with Crippen molar-refractivity contribution in [2.24, 2.45) is 5.92 Å². The van der Waals surface area contributed by atoms with Gasteiger partial charge in [-0.1, -0.05) is 12.1 Å². The minimum absolute atomic E-state index is 0.0490. The van der Waals surface area contributed by atoms with Crippen LogP contribution in [0.4, 0.5) is 0 Å². The lowest BCUT2D eigenvalue weighted by Gasteiger charge is -2.22. The van der Waals surface area contributed by atoms with Crippen molar-refractivity contribution < 1.29 is 13.2 Å². The number of sulfonamides is 1. The van der Waals surface area contributed by atoms with E-state index in [1.165, 1.54) is 7.05 Å². The highest BCUT2D eigenvalue weighted by molar-refractivity contribution is 7.89. The van der Waals surface area contributed by atoms with Crippen LogP contribution in [-0.4, -0.2) is 34.5 Å². The number of hydrogen-bond acceptors (Lipinski definition) is 4. The maximum absolute atomic E-state index is 12.1. The number of piperidine rings is 1. The molecule has 1 amide bonds. The van der Waals surface area contributed by atoms with Crippen molar-refractivity contribution in [3.8, 4) is 0 Å². The van der Waals surface area contributed by atoms with Gasteiger partial charge < -0.3 is 10.6 Å². The summed E-state index contributed by atoms with van der Waals surface area (Å²) in [5, 5.41) is 6.32. The van der Waals surface area contributed by atoms with Crippen LogP contribution in [0, 0.1) is 5.92 Å². The molecule has 1 aromatic rings. The molecule has 1 aromatic carbocycles. The van der Waals surface area contributed by atoms with E-state index >= 15 is 0 Å². The zero-order valence-electron chi connectivity index (χ0n) is 14.3. The predicted molar refractivity (Wildman–Crippen MR) is 94.1 cm³/mol. The Bertz CT molecular complexity index is 638. The number of amides is 1. The standard InChI is InChI=1S/C17H27N3O3S/c1-13(15-4-6-16(7-5-15)24(22,23)18-2)20-17(21)8-3-14-9-11-19-12-10-14/h4-7,13-14,18-19H,3,8-12H2,1-2H3,(H,20,21). The third-order valence-electron chi connectivity index (χ3n) is 4.57. The molecular weight excluding hydrogens is 326 g/mol. The van der Waals surface area contributed by atoms with Crippen LogP contribution in [0.25, 0.3) is 0 Å². The highest BCUT2D eigenvalue weighted by Crippen LogP contribution is 2.19. The molecule has 1 fully saturated rings. The summed E-state index contributed by atoms with van der Waals surface area (Å²) in [6.07, 6.45) is 3.76. The third-order valence-corrected chi connectivity index (χ3v) is 6.01. The molecular formula is C17H27N3O3S. The first kappa shape index (κ1) is 18.9. The molecule has 1 saturated heterocycles. The van der Waals surface area contributed by atoms with E-state index in [4.69, 9.17) is 0 Å². The van der Waals surface area contributed by atoms with Gasteiger partial charge in [-0.3, -0.25) is 4.79 Å². The van der Waals surface area contributed by atoms with Gasteiger partial charge in [0.2, 0.25) is 15.9 Å². The quantitative estimate of drug-likeness (QED) is 0.694. The Morgan fingerprint density at radius 2 is 1.88 bits per heavy atom. The normalized spacial score (nSPS) is 17.4. The molecule has 2 rings (SSSR count). The van der Waals surface area contributed by atoms with Gasteiger partial charge in [0.15, 0.2) is 0 Å². The van der Waals surface area contributed by atoms with E-state index in [1.807, 2.05) is 6.92 Å². The molecule has 0 saturated carbocycles. The SMILES string of the molecule is CNS(=O)(=O)c1ccc(C(C)NC(=O)CCC2CCNCC2)cc1. The fraction of sp³-hybridized carbons (Fsp3) is 0.588. The molecule has 7 heteroatoms. The monoisotopic (exact) mass is 353 g/mol. The average molecular weight is 353 g/mol. The van der Waals surface area contributed by atoms with E-state index < -0.39 is 10.0 Å². The van der Waals surface area contributed by atoms with Crippen LogP contribution in [0.5, 0.6) is 0 Å². The fourth-order valence-corrected chi connectivity index (χ4v) is 3.69. The van der Waals surface area contributed by atoms with Gasteiger partial charge in [0, 0.05) is 6.42 Å². The zero-order chi connectivity index (χ0) is 17.6. The molecule has 6 nitrogen and oxygen atoms in total. The Kier molecular flexibility index (Phi) is 6.77. The summed E-state index contributed by atoms with van der Waals surface area (Å²) in [6.45, 7) is 4.00. The number of carbonyl (C=O) groups excluding carboxylic acids is 1. The molecule has 1 aliphatic rings. The first-order valence-corrected chi connectivity index (χ1v) is 9.94. The molecule has 1 aliphatic heterocycles. The van der Waals surface area contributed by atoms with Crippen molar-refractivity contribution in [3.63, 3.8) is 0 Å². The van der Waals surface area contributed by atoms with Crippen molar-refractivity contribution >= 4 is 15.9 Å². The van der Waals surface area contributed by atoms with E-state index in [9.17, 15) is 13.2 Å². The summed E-state index contributed by atoms with van der Waals surface area (Å²) in [4.78, 5) is 12.3. The molecule has 24 heavy (non-hydrogen) atoms. The van der Waals surface area contributed by atoms with Gasteiger partial charge >= 0.3 is 0 Å². The van der Waals surface area contributed by atoms with Crippen LogP contribution in [-0.2, 0) is 14.8 Å². The smallest absolute Gasteiger partial charge is 0.240 e. The van der Waals surface area contributed by atoms with Gasteiger partial charge in [0.1, 0.15) is 0 Å². The molecule has 1 unspecified atom stereocenters. The van der Waals surface area contributed by atoms with Gasteiger partial charge in [-0.2, -0.15) is 0 Å². The van der Waals surface area contributed by atoms with Crippen molar-refractivity contribution in [2.75, 3.05) is 20.1 Å². The van der Waals surface area contributed by atoms with Crippen LogP contribution in [0.15, 0.2) is 29.2 Å². The van der Waals surface area contributed by atoms with Crippen LogP contribution in [0.1, 0.15) is 44.2 Å². The van der Waals surface area contributed by atoms with Gasteiger partial charge in [-0.15, -0.1) is 0 Å². The highest BCUT2D eigenvalue weighted by Gasteiger charge is 2.16. The minimum Gasteiger partial charge on any atom is -0.350 e. The van der Waals surface area contributed by atoms with E-state index in [0.29, 0.717) is 12.3 Å². The first-order valence-electron chi connectivity index (χ1n) is 8.46. The second-order valence-corrected chi connectivity index (χ2v) is 8.18. The lowest BCUT2D eigenvalue weighted by Crippen LogP contribution is -2.30. The summed E-state index contributed by atoms with van der Waals surface area (Å²) < 4.78 is 25.7. The average Bonchev–Trinajstić information content (AvgIpc) is 2.61. The van der Waals surface area contributed by atoms with E-state index in [0.717, 1.165) is 37.9 Å². The maximum atomic E-state index is 12.1. The number of nitrogens with one attached hydrogen (secondary N) is 3. The lowest BCUT2D eigenvalue weighted by atomic mass is 9.93. The molecule has 0 aromatic heterocycles. The summed E-state index contributed by atoms with van der Waals surface area (Å²) in [5.74, 6) is 0.686. The van der Waals surface area contributed by atoms with Gasteiger partial charge in [-0.05, 0) is 69.9 Å². The second-order valence-electron chi connectivity index (χ2n) is 6.30. The molecule has 134 valence electrons. The Labute approximate surface area is 144 Å². The second kappa shape index (κ2) is 8.60. The first-order chi connectivity index (χ1) is 11.4. The van der Waals surface area contributed by atoms with E-state index in [-0.39, 0.29) is 16.8 Å². The van der Waals surface area contributed by atoms with Crippen molar-refractivity contribution in [1.82, 2.24) is 15.4 Å². The minimum atomic E-state index is -3.43. The number of carbonyl (C=O) groups is 1. The summed E-state index contributed by atoms with van der Waals surface area (Å²) >= 11 is 0. The summed E-state index contributed by atoms with van der Waals surface area (Å²) in [7, 11) is -2.04. The molecule has 0 spiro atoms. The number of rotatable bonds is 7. The molecule has 0 bridgehead atoms. The molecule has 0 aliphatic carbocycles. The lowest BCUT2D eigenvalue weighted by molar-refractivity contribution is -0.122. The molecule has 3 N–H and O–H groups in total. The predicted octanol–water partition coefficient (Wildman–Crippen LogP) is 1.55. The number of benzene rings is 1. The Morgan fingerprint density at radius 3 is 2.46 bits per heavy atom. The van der Waals surface area contributed by atoms with Crippen molar-refractivity contribution in [3.05, 3.63) is 29.8 Å². The van der Waals surface area contributed by atoms with Gasteiger partial charge in [0.25, 0.3) is 0 Å². The molecule has 1 heterocycles. The summed E-state index contributed by atoms with van der Waals surface area (Å²) in [5.41, 5.74) is 0.889. The third kappa shape index (κ3) is 5.29. The van der Waals surface area contributed by atoms with Crippen LogP contribution in [0.3, 0.4) is 0 Å². The maximum Gasteiger partial charge on any atom is 0.240 e.